The van der Waals surface area contributed by atoms with Gasteiger partial charge in [-0.1, -0.05) is 72.8 Å². The van der Waals surface area contributed by atoms with E-state index in [0.717, 1.165) is 23.3 Å². The summed E-state index contributed by atoms with van der Waals surface area (Å²) in [5.74, 6) is -1.35. The Morgan fingerprint density at radius 3 is 1.85 bits per heavy atom. The fourth-order valence-electron chi connectivity index (χ4n) is 6.67. The number of nitrogens with one attached hydrogen (secondary N) is 1. The van der Waals surface area contributed by atoms with E-state index in [2.05, 4.69) is 5.32 Å². The zero-order valence-electron chi connectivity index (χ0n) is 21.6. The number of alkyl halides is 3. The molecule has 1 atom stereocenters. The lowest BCUT2D eigenvalue weighted by Crippen LogP contribution is -2.67. The van der Waals surface area contributed by atoms with Crippen molar-refractivity contribution in [2.75, 3.05) is 19.6 Å². The first-order valence-electron chi connectivity index (χ1n) is 13.3. The van der Waals surface area contributed by atoms with E-state index in [1.54, 1.807) is 4.90 Å². The van der Waals surface area contributed by atoms with Crippen LogP contribution in [-0.2, 0) is 26.7 Å². The quantitative estimate of drug-likeness (QED) is 0.467. The summed E-state index contributed by atoms with van der Waals surface area (Å²) in [5.41, 5.74) is 4.69. The lowest BCUT2D eigenvalue weighted by atomic mass is 9.64. The van der Waals surface area contributed by atoms with Crippen molar-refractivity contribution in [3.63, 3.8) is 0 Å². The van der Waals surface area contributed by atoms with Crippen LogP contribution in [0.2, 0.25) is 0 Å². The molecule has 0 saturated carbocycles. The highest BCUT2D eigenvalue weighted by Crippen LogP contribution is 2.49. The topological polar surface area (TPSA) is 75.4 Å². The van der Waals surface area contributed by atoms with Crippen LogP contribution in [0.3, 0.4) is 0 Å². The van der Waals surface area contributed by atoms with E-state index in [1.807, 2.05) is 60.7 Å². The number of amides is 2. The second-order valence-electron chi connectivity index (χ2n) is 10.4. The molecule has 8 heteroatoms. The first-order valence-corrected chi connectivity index (χ1v) is 13.3. The van der Waals surface area contributed by atoms with Crippen molar-refractivity contribution in [1.29, 1.82) is 0 Å². The molecule has 0 radical (unpaired) electrons. The normalized spacial score (nSPS) is 19.9. The van der Waals surface area contributed by atoms with Crippen LogP contribution in [0, 0.1) is 5.92 Å². The van der Waals surface area contributed by atoms with Crippen LogP contribution in [0.25, 0.3) is 0 Å². The minimum absolute atomic E-state index is 0.261. The zero-order chi connectivity index (χ0) is 27.7. The minimum atomic E-state index is -4.53. The van der Waals surface area contributed by atoms with Crippen molar-refractivity contribution in [1.82, 2.24) is 10.2 Å². The molecule has 5 rings (SSSR count). The molecule has 3 aromatic rings. The molecule has 2 aliphatic rings. The fourth-order valence-corrected chi connectivity index (χ4v) is 6.67. The molecule has 3 aromatic carbocycles. The number of rotatable bonds is 6. The highest BCUT2D eigenvalue weighted by molar-refractivity contribution is 5.98. The number of benzene rings is 3. The first-order chi connectivity index (χ1) is 18.7. The Hall–Kier alpha value is -3.65. The highest BCUT2D eigenvalue weighted by Gasteiger charge is 2.58. The summed E-state index contributed by atoms with van der Waals surface area (Å²) >= 11 is 0. The molecular formula is C31H32F3N3O2. The zero-order valence-corrected chi connectivity index (χ0v) is 21.6. The molecule has 2 fully saturated rings. The van der Waals surface area contributed by atoms with Gasteiger partial charge in [-0.2, -0.15) is 13.2 Å². The summed E-state index contributed by atoms with van der Waals surface area (Å²) in [5, 5.41) is 3.28. The van der Waals surface area contributed by atoms with Gasteiger partial charge in [0.05, 0.1) is 11.0 Å². The van der Waals surface area contributed by atoms with Gasteiger partial charge in [-0.15, -0.1) is 0 Å². The Balaban J connectivity index is 1.73. The van der Waals surface area contributed by atoms with Gasteiger partial charge in [0.25, 0.3) is 0 Å². The Labute approximate surface area is 226 Å². The Morgan fingerprint density at radius 1 is 0.846 bits per heavy atom. The molecule has 0 aromatic heterocycles. The number of piperidine rings is 2. The average molecular weight is 536 g/mol. The van der Waals surface area contributed by atoms with Crippen molar-refractivity contribution >= 4 is 11.8 Å². The van der Waals surface area contributed by atoms with Crippen LogP contribution in [0.4, 0.5) is 13.2 Å². The van der Waals surface area contributed by atoms with E-state index in [9.17, 15) is 22.8 Å². The van der Waals surface area contributed by atoms with Crippen LogP contribution >= 0.6 is 0 Å². The van der Waals surface area contributed by atoms with Gasteiger partial charge in [-0.05, 0) is 73.5 Å². The van der Waals surface area contributed by atoms with Crippen molar-refractivity contribution < 1.29 is 22.8 Å². The van der Waals surface area contributed by atoms with Gasteiger partial charge in [0.15, 0.2) is 0 Å². The highest BCUT2D eigenvalue weighted by atomic mass is 19.4. The van der Waals surface area contributed by atoms with Crippen LogP contribution in [0.1, 0.15) is 47.9 Å². The molecule has 204 valence electrons. The number of nitrogens with zero attached hydrogens (tertiary/aromatic N) is 1. The molecule has 5 nitrogen and oxygen atoms in total. The average Bonchev–Trinajstić information content (AvgIpc) is 2.95. The lowest BCUT2D eigenvalue weighted by Gasteiger charge is -2.53. The smallest absolute Gasteiger partial charge is 0.367 e. The predicted molar refractivity (Wildman–Crippen MR) is 143 cm³/mol. The van der Waals surface area contributed by atoms with Crippen LogP contribution < -0.4 is 11.1 Å². The SMILES string of the molecule is NC(=O)C(c1ccc(C(F)(F)F)cc1)(C1CCNCC1)N1CCCC(c2ccccc2)(c2ccccc2)C1=O. The van der Waals surface area contributed by atoms with Gasteiger partial charge in [0, 0.05) is 6.54 Å². The lowest BCUT2D eigenvalue weighted by molar-refractivity contribution is -0.159. The number of hydrogen-bond acceptors (Lipinski definition) is 3. The maximum Gasteiger partial charge on any atom is 0.416 e. The Morgan fingerprint density at radius 2 is 1.36 bits per heavy atom. The van der Waals surface area contributed by atoms with Crippen LogP contribution in [-0.4, -0.2) is 36.3 Å². The van der Waals surface area contributed by atoms with Gasteiger partial charge < -0.3 is 16.0 Å². The van der Waals surface area contributed by atoms with E-state index in [0.29, 0.717) is 44.3 Å². The number of nitrogens with two attached hydrogens (primary N) is 1. The molecule has 0 bridgehead atoms. The Kier molecular flexibility index (Phi) is 7.25. The first kappa shape index (κ1) is 26.9. The second kappa shape index (κ2) is 10.5. The summed E-state index contributed by atoms with van der Waals surface area (Å²) in [6.45, 7) is 1.50. The predicted octanol–water partition coefficient (Wildman–Crippen LogP) is 4.99. The van der Waals surface area contributed by atoms with Gasteiger partial charge in [-0.25, -0.2) is 0 Å². The summed E-state index contributed by atoms with van der Waals surface area (Å²) in [6, 6.07) is 23.6. The number of halogens is 3. The molecule has 3 N–H and O–H groups in total. The van der Waals surface area contributed by atoms with Crippen LogP contribution in [0.15, 0.2) is 84.9 Å². The number of primary amides is 1. The van der Waals surface area contributed by atoms with Gasteiger partial charge in [0.1, 0.15) is 5.54 Å². The summed E-state index contributed by atoms with van der Waals surface area (Å²) in [7, 11) is 0. The molecule has 0 spiro atoms. The number of carbonyl (C=O) groups excluding carboxylic acids is 2. The largest absolute Gasteiger partial charge is 0.416 e. The molecule has 39 heavy (non-hydrogen) atoms. The summed E-state index contributed by atoms with van der Waals surface area (Å²) < 4.78 is 40.4. The fraction of sp³-hybridized carbons (Fsp3) is 0.355. The number of hydrogen-bond donors (Lipinski definition) is 2. The maximum atomic E-state index is 15.0. The summed E-state index contributed by atoms with van der Waals surface area (Å²) in [6.07, 6.45) is -2.30. The minimum Gasteiger partial charge on any atom is -0.367 e. The van der Waals surface area contributed by atoms with E-state index in [-0.39, 0.29) is 18.4 Å². The van der Waals surface area contributed by atoms with Crippen molar-refractivity contribution in [3.05, 3.63) is 107 Å². The van der Waals surface area contributed by atoms with Crippen molar-refractivity contribution in [3.8, 4) is 0 Å². The molecule has 2 aliphatic heterocycles. The molecule has 1 unspecified atom stereocenters. The van der Waals surface area contributed by atoms with E-state index < -0.39 is 28.6 Å². The maximum absolute atomic E-state index is 15.0. The van der Waals surface area contributed by atoms with Gasteiger partial charge >= 0.3 is 6.18 Å². The number of likely N-dealkylation sites (tertiary alicyclic amines) is 1. The van der Waals surface area contributed by atoms with Crippen molar-refractivity contribution in [2.24, 2.45) is 11.7 Å². The molecule has 2 saturated heterocycles. The molecular weight excluding hydrogens is 503 g/mol. The van der Waals surface area contributed by atoms with E-state index in [1.165, 1.54) is 12.1 Å². The third-order valence-electron chi connectivity index (χ3n) is 8.46. The molecule has 2 amide bonds. The Bertz CT molecular complexity index is 1270. The third kappa shape index (κ3) is 4.50. The van der Waals surface area contributed by atoms with E-state index >= 15 is 0 Å². The second-order valence-corrected chi connectivity index (χ2v) is 10.4. The van der Waals surface area contributed by atoms with Gasteiger partial charge in [-0.3, -0.25) is 9.59 Å². The molecule has 2 heterocycles. The van der Waals surface area contributed by atoms with E-state index in [4.69, 9.17) is 5.73 Å². The third-order valence-corrected chi connectivity index (χ3v) is 8.46. The standard InChI is InChI=1S/C31H32F3N3O2/c32-31(33,34)26-14-12-24(13-15-26)30(27(35)38,25-16-19-36-20-17-25)37-21-7-18-29(28(37)39,22-8-3-1-4-9-22)23-10-5-2-6-11-23/h1-6,8-15,25,36H,7,16-21H2,(H2,35,38). The van der Waals surface area contributed by atoms with Gasteiger partial charge in [0.2, 0.25) is 11.8 Å². The monoisotopic (exact) mass is 535 g/mol. The number of carbonyl (C=O) groups is 2. The van der Waals surface area contributed by atoms with Crippen LogP contribution in [0.5, 0.6) is 0 Å². The summed E-state index contributed by atoms with van der Waals surface area (Å²) in [4.78, 5) is 30.3. The van der Waals surface area contributed by atoms with Crippen molar-refractivity contribution in [2.45, 2.75) is 42.8 Å². The molecule has 0 aliphatic carbocycles.